The summed E-state index contributed by atoms with van der Waals surface area (Å²) in [6.45, 7) is 4.19. The Morgan fingerprint density at radius 2 is 2.11 bits per heavy atom. The van der Waals surface area contributed by atoms with Crippen molar-refractivity contribution in [2.24, 2.45) is 16.1 Å². The summed E-state index contributed by atoms with van der Waals surface area (Å²) in [7, 11) is 4.15. The number of benzene rings is 1. The summed E-state index contributed by atoms with van der Waals surface area (Å²) in [5.41, 5.74) is 8.26. The third kappa shape index (κ3) is 5.09. The van der Waals surface area contributed by atoms with Crippen LogP contribution in [0.3, 0.4) is 0 Å². The van der Waals surface area contributed by atoms with E-state index in [1.807, 2.05) is 6.92 Å². The lowest BCUT2D eigenvalue weighted by molar-refractivity contribution is 0.559. The molecule has 3 rings (SSSR count). The molecule has 2 aliphatic rings. The first-order chi connectivity index (χ1) is 13.6. The van der Waals surface area contributed by atoms with Crippen molar-refractivity contribution < 1.29 is 0 Å². The fraction of sp³-hybridized carbons (Fsp3) is 0.440. The van der Waals surface area contributed by atoms with Crippen LogP contribution in [0.4, 0.5) is 0 Å². The van der Waals surface area contributed by atoms with Crippen molar-refractivity contribution in [1.29, 1.82) is 0 Å². The van der Waals surface area contributed by atoms with Crippen molar-refractivity contribution in [3.63, 3.8) is 0 Å². The topological polar surface area (TPSA) is 28.0 Å². The fourth-order valence-corrected chi connectivity index (χ4v) is 4.20. The molecule has 0 radical (unpaired) electrons. The summed E-state index contributed by atoms with van der Waals surface area (Å²) in [6.07, 6.45) is 17.4. The normalized spacial score (nSPS) is 19.9. The van der Waals surface area contributed by atoms with Gasteiger partial charge in [0.1, 0.15) is 0 Å². The van der Waals surface area contributed by atoms with E-state index in [4.69, 9.17) is 0 Å². The Kier molecular flexibility index (Phi) is 7.02. The highest BCUT2D eigenvalue weighted by atomic mass is 15.2. The number of hydrogen-bond acceptors (Lipinski definition) is 3. The minimum Gasteiger partial charge on any atom is -0.383 e. The zero-order valence-electron chi connectivity index (χ0n) is 17.8. The molecule has 3 nitrogen and oxygen atoms in total. The van der Waals surface area contributed by atoms with Gasteiger partial charge in [-0.05, 0) is 73.6 Å². The van der Waals surface area contributed by atoms with Gasteiger partial charge in [0, 0.05) is 32.1 Å². The summed E-state index contributed by atoms with van der Waals surface area (Å²) in [5.74, 6) is 0.555. The Bertz CT molecular complexity index is 837. The molecule has 1 atom stereocenters. The Morgan fingerprint density at radius 1 is 1.25 bits per heavy atom. The van der Waals surface area contributed by atoms with Gasteiger partial charge < -0.3 is 4.90 Å². The Labute approximate surface area is 170 Å². The molecular formula is C25H33N3. The van der Waals surface area contributed by atoms with Gasteiger partial charge in [0.05, 0.1) is 5.71 Å². The summed E-state index contributed by atoms with van der Waals surface area (Å²) in [5, 5.41) is 8.89. The molecule has 0 heterocycles. The van der Waals surface area contributed by atoms with Crippen LogP contribution >= 0.6 is 0 Å². The van der Waals surface area contributed by atoms with Gasteiger partial charge in [0.2, 0.25) is 0 Å². The van der Waals surface area contributed by atoms with Gasteiger partial charge in [-0.1, -0.05) is 43.4 Å². The predicted octanol–water partition coefficient (Wildman–Crippen LogP) is 5.52. The van der Waals surface area contributed by atoms with E-state index < -0.39 is 0 Å². The summed E-state index contributed by atoms with van der Waals surface area (Å²) < 4.78 is 0. The molecule has 0 spiro atoms. The second-order valence-electron chi connectivity index (χ2n) is 8.09. The number of hydrogen-bond donors (Lipinski definition) is 0. The predicted molar refractivity (Wildman–Crippen MR) is 121 cm³/mol. The van der Waals surface area contributed by atoms with Crippen LogP contribution in [-0.4, -0.2) is 30.9 Å². The van der Waals surface area contributed by atoms with E-state index in [0.717, 1.165) is 25.0 Å². The molecule has 28 heavy (non-hydrogen) atoms. The monoisotopic (exact) mass is 375 g/mol. The van der Waals surface area contributed by atoms with E-state index in [1.165, 1.54) is 36.0 Å². The Morgan fingerprint density at radius 3 is 2.86 bits per heavy atom. The maximum absolute atomic E-state index is 4.63. The number of aryl methyl sites for hydroxylation is 2. The molecule has 0 saturated heterocycles. The van der Waals surface area contributed by atoms with E-state index >= 15 is 0 Å². The molecule has 1 unspecified atom stereocenters. The number of nitrogens with zero attached hydrogens (tertiary/aromatic N) is 3. The minimum absolute atomic E-state index is 0.555. The number of fused-ring (bicyclic) bond motifs is 1. The van der Waals surface area contributed by atoms with Crippen molar-refractivity contribution in [3.8, 4) is 0 Å². The molecule has 148 valence electrons. The highest BCUT2D eigenvalue weighted by Gasteiger charge is 2.19. The van der Waals surface area contributed by atoms with Gasteiger partial charge >= 0.3 is 0 Å². The third-order valence-corrected chi connectivity index (χ3v) is 5.49. The Hall–Kier alpha value is -2.42. The lowest BCUT2D eigenvalue weighted by atomic mass is 9.87. The van der Waals surface area contributed by atoms with Crippen LogP contribution in [-0.2, 0) is 19.3 Å². The molecule has 0 bridgehead atoms. The van der Waals surface area contributed by atoms with Gasteiger partial charge in [-0.25, -0.2) is 0 Å². The molecule has 1 aromatic rings. The van der Waals surface area contributed by atoms with E-state index in [0.29, 0.717) is 5.92 Å². The van der Waals surface area contributed by atoms with Crippen LogP contribution in [0, 0.1) is 5.92 Å². The molecule has 0 N–H and O–H groups in total. The van der Waals surface area contributed by atoms with Crippen LogP contribution < -0.4 is 0 Å². The molecule has 0 saturated carbocycles. The van der Waals surface area contributed by atoms with Crippen LogP contribution in [0.25, 0.3) is 0 Å². The highest BCUT2D eigenvalue weighted by molar-refractivity contribution is 6.04. The second-order valence-corrected chi connectivity index (χ2v) is 8.09. The van der Waals surface area contributed by atoms with E-state index in [1.54, 1.807) is 17.3 Å². The first kappa shape index (κ1) is 20.3. The average molecular weight is 376 g/mol. The molecule has 1 aromatic carbocycles. The first-order valence-corrected chi connectivity index (χ1v) is 10.5. The summed E-state index contributed by atoms with van der Waals surface area (Å²) >= 11 is 0. The van der Waals surface area contributed by atoms with Crippen LogP contribution in [0.15, 0.2) is 64.0 Å². The summed E-state index contributed by atoms with van der Waals surface area (Å²) in [4.78, 5) is 2.12. The van der Waals surface area contributed by atoms with Gasteiger partial charge in [-0.15, -0.1) is 0 Å². The molecule has 0 fully saturated rings. The largest absolute Gasteiger partial charge is 0.383 e. The van der Waals surface area contributed by atoms with Crippen LogP contribution in [0.5, 0.6) is 0 Å². The third-order valence-electron chi connectivity index (χ3n) is 5.49. The second kappa shape index (κ2) is 9.68. The van der Waals surface area contributed by atoms with Crippen molar-refractivity contribution in [2.75, 3.05) is 14.1 Å². The highest BCUT2D eigenvalue weighted by Crippen LogP contribution is 2.29. The van der Waals surface area contributed by atoms with Crippen molar-refractivity contribution in [1.82, 2.24) is 4.90 Å². The maximum Gasteiger partial charge on any atom is 0.0723 e. The van der Waals surface area contributed by atoms with Crippen molar-refractivity contribution >= 4 is 11.9 Å². The van der Waals surface area contributed by atoms with Gasteiger partial charge in [0.25, 0.3) is 0 Å². The molecular weight excluding hydrogens is 342 g/mol. The Balaban J connectivity index is 1.89. The maximum atomic E-state index is 4.63. The zero-order chi connectivity index (χ0) is 19.9. The van der Waals surface area contributed by atoms with Gasteiger partial charge in [-0.3, -0.25) is 0 Å². The smallest absolute Gasteiger partial charge is 0.0723 e. The minimum atomic E-state index is 0.555. The van der Waals surface area contributed by atoms with Gasteiger partial charge in [-0.2, -0.15) is 10.2 Å². The van der Waals surface area contributed by atoms with Gasteiger partial charge in [0.15, 0.2) is 0 Å². The first-order valence-electron chi connectivity index (χ1n) is 10.5. The van der Waals surface area contributed by atoms with Crippen LogP contribution in [0.2, 0.25) is 0 Å². The zero-order valence-corrected chi connectivity index (χ0v) is 17.8. The molecule has 0 aromatic heterocycles. The molecule has 2 aliphatic carbocycles. The van der Waals surface area contributed by atoms with E-state index in [9.17, 15) is 0 Å². The SMILES string of the molecule is C\C=N/N=C(CCc1cccc2c1CCC2)/C(=C\N(C)C)C1=CC=CC(C)C1. The standard InChI is InChI=1S/C25H33N3/c1-5-26-27-25(16-15-21-11-7-10-20-12-8-14-23(20)21)24(18-28(3)4)22-13-6-9-19(2)17-22/h5-7,9-11,13,18-19H,8,12,14-17H2,1-4H3/b24-18-,26-5-,27-25+. The van der Waals surface area contributed by atoms with E-state index in [2.05, 4.69) is 78.7 Å². The van der Waals surface area contributed by atoms with Crippen molar-refractivity contribution in [3.05, 3.63) is 70.5 Å². The van der Waals surface area contributed by atoms with Crippen LogP contribution in [0.1, 0.15) is 49.8 Å². The van der Waals surface area contributed by atoms with E-state index in [-0.39, 0.29) is 0 Å². The number of rotatable bonds is 7. The van der Waals surface area contributed by atoms with Crippen molar-refractivity contribution in [2.45, 2.75) is 52.4 Å². The molecule has 0 amide bonds. The average Bonchev–Trinajstić information content (AvgIpc) is 3.16. The summed E-state index contributed by atoms with van der Waals surface area (Å²) in [6, 6.07) is 6.80. The molecule has 0 aliphatic heterocycles. The lowest BCUT2D eigenvalue weighted by Gasteiger charge is -2.21. The number of allylic oxidation sites excluding steroid dienone is 5. The molecule has 3 heteroatoms. The lowest BCUT2D eigenvalue weighted by Crippen LogP contribution is -2.15. The fourth-order valence-electron chi connectivity index (χ4n) is 4.20. The quantitative estimate of drug-likeness (QED) is 0.455.